The van der Waals surface area contributed by atoms with E-state index in [4.69, 9.17) is 4.74 Å². The first-order valence-corrected chi connectivity index (χ1v) is 7.88. The molecule has 0 N–H and O–H groups in total. The fraction of sp³-hybridized carbons (Fsp3) is 0.235. The molecule has 1 fully saturated rings. The Balaban J connectivity index is 1.59. The lowest BCUT2D eigenvalue weighted by Gasteiger charge is -2.33. The fourth-order valence-corrected chi connectivity index (χ4v) is 2.83. The minimum Gasteiger partial charge on any atom is -0.400 e. The maximum Gasteiger partial charge on any atom is 0.366 e. The zero-order valence-electron chi connectivity index (χ0n) is 13.5. The molecule has 1 aromatic carbocycles. The molecular weight excluding hydrogens is 322 g/mol. The van der Waals surface area contributed by atoms with Gasteiger partial charge in [0.2, 0.25) is 0 Å². The predicted octanol–water partition coefficient (Wildman–Crippen LogP) is 1.99. The van der Waals surface area contributed by atoms with E-state index >= 15 is 0 Å². The number of hydrogen-bond acceptors (Lipinski definition) is 6. The van der Waals surface area contributed by atoms with Crippen molar-refractivity contribution in [2.75, 3.05) is 25.0 Å². The van der Waals surface area contributed by atoms with Crippen LogP contribution in [0.3, 0.4) is 0 Å². The van der Waals surface area contributed by atoms with Crippen LogP contribution in [-0.4, -0.2) is 52.9 Å². The van der Waals surface area contributed by atoms with Gasteiger partial charge in [-0.2, -0.15) is 0 Å². The Kier molecular flexibility index (Phi) is 3.64. The molecule has 0 saturated carbocycles. The second-order valence-corrected chi connectivity index (χ2v) is 5.79. The van der Waals surface area contributed by atoms with Crippen molar-refractivity contribution in [1.29, 1.82) is 0 Å². The number of fused-ring (bicyclic) bond motifs is 1. The molecule has 1 aromatic heterocycles. The topological polar surface area (TPSA) is 88.0 Å². The van der Waals surface area contributed by atoms with Crippen molar-refractivity contribution in [3.05, 3.63) is 48.0 Å². The molecule has 8 nitrogen and oxygen atoms in total. The van der Waals surface area contributed by atoms with Gasteiger partial charge < -0.3 is 9.64 Å². The van der Waals surface area contributed by atoms with Gasteiger partial charge in [0.1, 0.15) is 0 Å². The van der Waals surface area contributed by atoms with Crippen LogP contribution in [0, 0.1) is 0 Å². The molecule has 2 aliphatic heterocycles. The summed E-state index contributed by atoms with van der Waals surface area (Å²) in [7, 11) is 1.79. The predicted molar refractivity (Wildman–Crippen MR) is 90.1 cm³/mol. The average Bonchev–Trinajstić information content (AvgIpc) is 2.94. The molecule has 2 aromatic rings. The average molecular weight is 337 g/mol. The van der Waals surface area contributed by atoms with Crippen LogP contribution in [0.4, 0.5) is 16.2 Å². The van der Waals surface area contributed by atoms with Gasteiger partial charge in [-0.15, -0.1) is 0 Å². The lowest BCUT2D eigenvalue weighted by molar-refractivity contribution is 0.0732. The molecule has 0 spiro atoms. The summed E-state index contributed by atoms with van der Waals surface area (Å²) in [6.45, 7) is 1.46. The number of aliphatic imine (C=N–C) groups is 1. The van der Waals surface area contributed by atoms with Gasteiger partial charge in [0.15, 0.2) is 11.4 Å². The van der Waals surface area contributed by atoms with E-state index in [-0.39, 0.29) is 17.6 Å². The second kappa shape index (κ2) is 5.97. The summed E-state index contributed by atoms with van der Waals surface area (Å²) in [5.74, 6) is -0.421. The van der Waals surface area contributed by atoms with E-state index < -0.39 is 5.97 Å². The van der Waals surface area contributed by atoms with Crippen molar-refractivity contribution < 1.29 is 14.3 Å². The Hall–Kier alpha value is -3.29. The summed E-state index contributed by atoms with van der Waals surface area (Å²) in [6, 6.07) is 7.17. The van der Waals surface area contributed by atoms with E-state index in [1.807, 2.05) is 12.1 Å². The Morgan fingerprint density at radius 1 is 1.04 bits per heavy atom. The minimum atomic E-state index is -0.555. The number of urea groups is 1. The number of anilines is 1. The molecule has 126 valence electrons. The molecule has 1 saturated heterocycles. The Bertz CT molecular complexity index is 878. The van der Waals surface area contributed by atoms with Gasteiger partial charge in [0, 0.05) is 38.2 Å². The van der Waals surface area contributed by atoms with Crippen LogP contribution in [-0.2, 0) is 4.74 Å². The first-order valence-electron chi connectivity index (χ1n) is 7.88. The third-order valence-corrected chi connectivity index (χ3v) is 4.11. The van der Waals surface area contributed by atoms with Crippen LogP contribution < -0.4 is 4.90 Å². The second-order valence-electron chi connectivity index (χ2n) is 5.79. The number of hydrogen-bond donors (Lipinski definition) is 0. The van der Waals surface area contributed by atoms with E-state index in [9.17, 15) is 9.59 Å². The van der Waals surface area contributed by atoms with Crippen molar-refractivity contribution in [3.63, 3.8) is 0 Å². The highest BCUT2D eigenvalue weighted by Crippen LogP contribution is 2.25. The van der Waals surface area contributed by atoms with Crippen molar-refractivity contribution in [1.82, 2.24) is 14.9 Å². The summed E-state index contributed by atoms with van der Waals surface area (Å²) in [5.41, 5.74) is 1.91. The number of benzene rings is 1. The largest absolute Gasteiger partial charge is 0.400 e. The quantitative estimate of drug-likeness (QED) is 0.782. The standard InChI is InChI=1S/C17H15N5O3/c1-21-9-2-10-22(17(21)24)12-5-3-11(4-6-12)20-15-13-14(16(23)25-15)19-8-7-18-13/h3-8H,2,9-10H2,1H3/b20-15+. The van der Waals surface area contributed by atoms with Gasteiger partial charge in [-0.05, 0) is 30.7 Å². The smallest absolute Gasteiger partial charge is 0.366 e. The monoisotopic (exact) mass is 337 g/mol. The fourth-order valence-electron chi connectivity index (χ4n) is 2.83. The molecule has 2 amide bonds. The number of amides is 2. The van der Waals surface area contributed by atoms with Crippen LogP contribution in [0.5, 0.6) is 0 Å². The summed E-state index contributed by atoms with van der Waals surface area (Å²) < 4.78 is 5.13. The van der Waals surface area contributed by atoms with Crippen molar-refractivity contribution in [2.24, 2.45) is 4.99 Å². The summed E-state index contributed by atoms with van der Waals surface area (Å²) in [5, 5.41) is 0. The molecular formula is C17H15N5O3. The van der Waals surface area contributed by atoms with E-state index in [0.717, 1.165) is 18.7 Å². The van der Waals surface area contributed by atoms with Crippen LogP contribution in [0.2, 0.25) is 0 Å². The Labute approximate surface area is 143 Å². The maximum absolute atomic E-state index is 12.2. The van der Waals surface area contributed by atoms with Gasteiger partial charge in [0.25, 0.3) is 5.90 Å². The summed E-state index contributed by atoms with van der Waals surface area (Å²) in [6.07, 6.45) is 3.85. The zero-order chi connectivity index (χ0) is 17.4. The number of ether oxygens (including phenoxy) is 1. The zero-order valence-corrected chi connectivity index (χ0v) is 13.5. The van der Waals surface area contributed by atoms with Crippen molar-refractivity contribution in [3.8, 4) is 0 Å². The Morgan fingerprint density at radius 2 is 1.76 bits per heavy atom. The van der Waals surface area contributed by atoms with Crippen molar-refractivity contribution in [2.45, 2.75) is 6.42 Å². The molecule has 0 unspecified atom stereocenters. The maximum atomic E-state index is 12.2. The Morgan fingerprint density at radius 3 is 2.52 bits per heavy atom. The molecule has 8 heteroatoms. The van der Waals surface area contributed by atoms with E-state index in [1.165, 1.54) is 12.4 Å². The van der Waals surface area contributed by atoms with Crippen LogP contribution >= 0.6 is 0 Å². The number of cyclic esters (lactones) is 1. The van der Waals surface area contributed by atoms with Crippen LogP contribution in [0.15, 0.2) is 41.7 Å². The van der Waals surface area contributed by atoms with Gasteiger partial charge >= 0.3 is 12.0 Å². The number of nitrogens with zero attached hydrogens (tertiary/aromatic N) is 5. The number of aromatic nitrogens is 2. The molecule has 4 rings (SSSR count). The van der Waals surface area contributed by atoms with Crippen molar-refractivity contribution >= 4 is 29.3 Å². The third kappa shape index (κ3) is 2.71. The first kappa shape index (κ1) is 15.3. The van der Waals surface area contributed by atoms with E-state index in [1.54, 1.807) is 29.0 Å². The number of carbonyl (C=O) groups is 2. The van der Waals surface area contributed by atoms with Crippen LogP contribution in [0.1, 0.15) is 22.6 Å². The van der Waals surface area contributed by atoms with E-state index in [0.29, 0.717) is 17.9 Å². The highest BCUT2D eigenvalue weighted by Gasteiger charge is 2.31. The molecule has 0 radical (unpaired) electrons. The third-order valence-electron chi connectivity index (χ3n) is 4.11. The summed E-state index contributed by atoms with van der Waals surface area (Å²) >= 11 is 0. The number of carbonyl (C=O) groups excluding carboxylic acids is 2. The van der Waals surface area contributed by atoms with Gasteiger partial charge in [-0.3, -0.25) is 4.90 Å². The lowest BCUT2D eigenvalue weighted by atomic mass is 10.2. The lowest BCUT2D eigenvalue weighted by Crippen LogP contribution is -2.47. The summed E-state index contributed by atoms with van der Waals surface area (Å²) in [4.78, 5) is 39.8. The van der Waals surface area contributed by atoms with Gasteiger partial charge in [0.05, 0.1) is 5.69 Å². The van der Waals surface area contributed by atoms with Gasteiger partial charge in [-0.25, -0.2) is 24.5 Å². The minimum absolute atomic E-state index is 0.0146. The normalized spacial score (nSPS) is 18.5. The highest BCUT2D eigenvalue weighted by atomic mass is 16.5. The SMILES string of the molecule is CN1CCCN(c2ccc(/N=C3/OC(=O)c4nccnc43)cc2)C1=O. The molecule has 0 bridgehead atoms. The number of rotatable bonds is 2. The molecule has 3 heterocycles. The molecule has 25 heavy (non-hydrogen) atoms. The first-order chi connectivity index (χ1) is 12.1. The highest BCUT2D eigenvalue weighted by molar-refractivity contribution is 6.15. The van der Waals surface area contributed by atoms with Crippen LogP contribution in [0.25, 0.3) is 0 Å². The molecule has 0 atom stereocenters. The molecule has 2 aliphatic rings. The van der Waals surface area contributed by atoms with Gasteiger partial charge in [-0.1, -0.05) is 0 Å². The molecule has 0 aliphatic carbocycles. The van der Waals surface area contributed by atoms with E-state index in [2.05, 4.69) is 15.0 Å². The number of esters is 1.